The van der Waals surface area contributed by atoms with Crippen molar-refractivity contribution in [1.29, 1.82) is 0 Å². The van der Waals surface area contributed by atoms with E-state index in [9.17, 15) is 4.79 Å². The number of carbonyl (C=O) groups excluding carboxylic acids is 1. The minimum absolute atomic E-state index is 0.186. The van der Waals surface area contributed by atoms with E-state index in [0.717, 1.165) is 6.54 Å². The van der Waals surface area contributed by atoms with Gasteiger partial charge < -0.3 is 9.64 Å². The first kappa shape index (κ1) is 15.5. The fourth-order valence-corrected chi connectivity index (χ4v) is 2.24. The van der Waals surface area contributed by atoms with Crippen LogP contribution in [0.5, 0.6) is 5.75 Å². The van der Waals surface area contributed by atoms with Crippen molar-refractivity contribution in [1.82, 2.24) is 14.7 Å². The molecule has 0 aliphatic rings. The van der Waals surface area contributed by atoms with Gasteiger partial charge in [0, 0.05) is 6.54 Å². The standard InChI is InChI=1S/C15H18ClN3O2/c1-18(2)8-9-19-14(12(16)10-17-19)15(20)11-6-4-5-7-13(11)21-3/h4-7,10H,8-9H2,1-3H3. The van der Waals surface area contributed by atoms with Crippen molar-refractivity contribution in [3.05, 3.63) is 46.7 Å². The van der Waals surface area contributed by atoms with Crippen LogP contribution in [-0.2, 0) is 6.54 Å². The van der Waals surface area contributed by atoms with E-state index in [-0.39, 0.29) is 5.78 Å². The van der Waals surface area contributed by atoms with Crippen molar-refractivity contribution in [3.8, 4) is 5.75 Å². The van der Waals surface area contributed by atoms with Crippen LogP contribution in [0, 0.1) is 0 Å². The van der Waals surface area contributed by atoms with Crippen LogP contribution in [0.25, 0.3) is 0 Å². The summed E-state index contributed by atoms with van der Waals surface area (Å²) in [7, 11) is 5.47. The predicted octanol–water partition coefficient (Wildman–Crippen LogP) is 2.34. The normalized spacial score (nSPS) is 10.9. The van der Waals surface area contributed by atoms with Crippen molar-refractivity contribution in [2.75, 3.05) is 27.7 Å². The number of methoxy groups -OCH3 is 1. The van der Waals surface area contributed by atoms with Crippen molar-refractivity contribution in [2.24, 2.45) is 0 Å². The fraction of sp³-hybridized carbons (Fsp3) is 0.333. The smallest absolute Gasteiger partial charge is 0.216 e. The molecule has 1 aromatic carbocycles. The molecule has 0 fully saturated rings. The highest BCUT2D eigenvalue weighted by Gasteiger charge is 2.21. The molecular weight excluding hydrogens is 290 g/mol. The van der Waals surface area contributed by atoms with Gasteiger partial charge >= 0.3 is 0 Å². The second-order valence-electron chi connectivity index (χ2n) is 4.90. The van der Waals surface area contributed by atoms with Gasteiger partial charge in [-0.25, -0.2) is 0 Å². The second kappa shape index (κ2) is 6.74. The summed E-state index contributed by atoms with van der Waals surface area (Å²) in [4.78, 5) is 14.8. The number of nitrogens with zero attached hydrogens (tertiary/aromatic N) is 3. The quantitative estimate of drug-likeness (QED) is 0.769. The lowest BCUT2D eigenvalue weighted by molar-refractivity contribution is 0.102. The maximum absolute atomic E-state index is 12.7. The summed E-state index contributed by atoms with van der Waals surface area (Å²) in [5.41, 5.74) is 0.872. The number of aromatic nitrogens is 2. The van der Waals surface area contributed by atoms with Gasteiger partial charge in [0.15, 0.2) is 0 Å². The SMILES string of the molecule is COc1ccccc1C(=O)c1c(Cl)cnn1CCN(C)C. The van der Waals surface area contributed by atoms with Crippen LogP contribution >= 0.6 is 11.6 Å². The number of benzene rings is 1. The molecule has 0 atom stereocenters. The Labute approximate surface area is 129 Å². The molecule has 0 N–H and O–H groups in total. The van der Waals surface area contributed by atoms with Crippen molar-refractivity contribution < 1.29 is 9.53 Å². The molecule has 0 aliphatic carbocycles. The lowest BCUT2D eigenvalue weighted by Crippen LogP contribution is -2.22. The zero-order valence-electron chi connectivity index (χ0n) is 12.3. The molecule has 1 aromatic heterocycles. The summed E-state index contributed by atoms with van der Waals surface area (Å²) in [6.45, 7) is 1.36. The highest BCUT2D eigenvalue weighted by Crippen LogP contribution is 2.25. The first-order chi connectivity index (χ1) is 10.0. The Balaban J connectivity index is 2.37. The lowest BCUT2D eigenvalue weighted by atomic mass is 10.1. The molecule has 1 heterocycles. The number of hydrogen-bond donors (Lipinski definition) is 0. The Kier molecular flexibility index (Phi) is 4.98. The monoisotopic (exact) mass is 307 g/mol. The molecule has 2 aromatic rings. The lowest BCUT2D eigenvalue weighted by Gasteiger charge is -2.12. The number of ketones is 1. The van der Waals surface area contributed by atoms with Crippen LogP contribution in [0.3, 0.4) is 0 Å². The van der Waals surface area contributed by atoms with Gasteiger partial charge in [0.05, 0.1) is 30.4 Å². The van der Waals surface area contributed by atoms with Gasteiger partial charge in [0.1, 0.15) is 11.4 Å². The average Bonchev–Trinajstić information content (AvgIpc) is 2.85. The van der Waals surface area contributed by atoms with Crippen molar-refractivity contribution in [2.45, 2.75) is 6.54 Å². The Hall–Kier alpha value is -1.85. The first-order valence-electron chi connectivity index (χ1n) is 6.58. The van der Waals surface area contributed by atoms with Gasteiger partial charge in [-0.15, -0.1) is 0 Å². The predicted molar refractivity (Wildman–Crippen MR) is 82.2 cm³/mol. The third kappa shape index (κ3) is 3.43. The maximum atomic E-state index is 12.7. The number of para-hydroxylation sites is 1. The minimum Gasteiger partial charge on any atom is -0.496 e. The van der Waals surface area contributed by atoms with Gasteiger partial charge in [0.2, 0.25) is 5.78 Å². The molecule has 0 saturated heterocycles. The van der Waals surface area contributed by atoms with Crippen LogP contribution in [-0.4, -0.2) is 48.2 Å². The molecule has 0 spiro atoms. The van der Waals surface area contributed by atoms with Gasteiger partial charge in [0.25, 0.3) is 0 Å². The molecule has 21 heavy (non-hydrogen) atoms. The van der Waals surface area contributed by atoms with Crippen molar-refractivity contribution >= 4 is 17.4 Å². The molecule has 112 valence electrons. The molecule has 2 rings (SSSR count). The van der Waals surface area contributed by atoms with Crippen molar-refractivity contribution in [3.63, 3.8) is 0 Å². The topological polar surface area (TPSA) is 47.4 Å². The van der Waals surface area contributed by atoms with Gasteiger partial charge in [-0.05, 0) is 26.2 Å². The van der Waals surface area contributed by atoms with Gasteiger partial charge in [-0.1, -0.05) is 23.7 Å². The number of ether oxygens (including phenoxy) is 1. The molecule has 5 nitrogen and oxygen atoms in total. The third-order valence-electron chi connectivity index (χ3n) is 3.12. The fourth-order valence-electron chi connectivity index (χ4n) is 2.01. The van der Waals surface area contributed by atoms with E-state index in [4.69, 9.17) is 16.3 Å². The number of hydrogen-bond acceptors (Lipinski definition) is 4. The Morgan fingerprint density at radius 1 is 1.38 bits per heavy atom. The molecule has 0 aliphatic heterocycles. The molecular formula is C15H18ClN3O2. The van der Waals surface area contributed by atoms with E-state index in [2.05, 4.69) is 5.10 Å². The average molecular weight is 308 g/mol. The van der Waals surface area contributed by atoms with Crippen LogP contribution in [0.15, 0.2) is 30.5 Å². The number of halogens is 1. The Morgan fingerprint density at radius 3 is 2.76 bits per heavy atom. The van der Waals surface area contributed by atoms with E-state index in [1.54, 1.807) is 22.9 Å². The van der Waals surface area contributed by atoms with E-state index in [1.807, 2.05) is 25.1 Å². The molecule has 0 bridgehead atoms. The maximum Gasteiger partial charge on any atom is 0.216 e. The van der Waals surface area contributed by atoms with Crippen LogP contribution in [0.4, 0.5) is 0 Å². The van der Waals surface area contributed by atoms with E-state index in [1.165, 1.54) is 13.3 Å². The van der Waals surface area contributed by atoms with E-state index >= 15 is 0 Å². The zero-order valence-corrected chi connectivity index (χ0v) is 13.1. The summed E-state index contributed by atoms with van der Waals surface area (Å²) in [6.07, 6.45) is 1.50. The highest BCUT2D eigenvalue weighted by molar-refractivity contribution is 6.34. The molecule has 0 amide bonds. The Morgan fingerprint density at radius 2 is 2.10 bits per heavy atom. The largest absolute Gasteiger partial charge is 0.496 e. The highest BCUT2D eigenvalue weighted by atomic mass is 35.5. The Bertz CT molecular complexity index is 638. The number of carbonyl (C=O) groups is 1. The summed E-state index contributed by atoms with van der Waals surface area (Å²) >= 11 is 6.14. The zero-order chi connectivity index (χ0) is 15.4. The number of rotatable bonds is 6. The van der Waals surface area contributed by atoms with E-state index in [0.29, 0.717) is 28.6 Å². The van der Waals surface area contributed by atoms with Crippen LogP contribution < -0.4 is 4.74 Å². The van der Waals surface area contributed by atoms with Gasteiger partial charge in [-0.2, -0.15) is 5.10 Å². The van der Waals surface area contributed by atoms with Crippen LogP contribution in [0.1, 0.15) is 16.1 Å². The molecule has 0 radical (unpaired) electrons. The minimum atomic E-state index is -0.186. The third-order valence-corrected chi connectivity index (χ3v) is 3.40. The molecule has 0 unspecified atom stereocenters. The van der Waals surface area contributed by atoms with Crippen LogP contribution in [0.2, 0.25) is 5.02 Å². The number of likely N-dealkylation sites (N-methyl/N-ethyl adjacent to an activating group) is 1. The second-order valence-corrected chi connectivity index (χ2v) is 5.30. The summed E-state index contributed by atoms with van der Waals surface area (Å²) in [5, 5.41) is 4.54. The van der Waals surface area contributed by atoms with Gasteiger partial charge in [-0.3, -0.25) is 9.48 Å². The summed E-state index contributed by atoms with van der Waals surface area (Å²) in [6, 6.07) is 7.09. The summed E-state index contributed by atoms with van der Waals surface area (Å²) < 4.78 is 6.88. The first-order valence-corrected chi connectivity index (χ1v) is 6.96. The molecule has 0 saturated carbocycles. The van der Waals surface area contributed by atoms with E-state index < -0.39 is 0 Å². The molecule has 6 heteroatoms. The summed E-state index contributed by atoms with van der Waals surface area (Å²) in [5.74, 6) is 0.340.